The second-order valence-electron chi connectivity index (χ2n) is 6.31. The molecule has 2 aliphatic rings. The lowest BCUT2D eigenvalue weighted by atomic mass is 10.1. The van der Waals surface area contributed by atoms with Crippen LogP contribution in [-0.4, -0.2) is 78.2 Å². The third-order valence-electron chi connectivity index (χ3n) is 4.75. The van der Waals surface area contributed by atoms with Crippen molar-refractivity contribution in [1.29, 1.82) is 0 Å². The number of β-amino-alcohol motifs (C(OH)–C–C–N with tert-alkyl or cyclic N) is 1. The van der Waals surface area contributed by atoms with Crippen molar-refractivity contribution < 1.29 is 9.90 Å². The van der Waals surface area contributed by atoms with E-state index < -0.39 is 0 Å². The Balaban J connectivity index is 1.63. The quantitative estimate of drug-likeness (QED) is 0.891. The summed E-state index contributed by atoms with van der Waals surface area (Å²) in [6.07, 6.45) is 5.44. The first-order valence-corrected chi connectivity index (χ1v) is 8.61. The Hall–Kier alpha value is -1.66. The van der Waals surface area contributed by atoms with Gasteiger partial charge in [-0.25, -0.2) is 4.98 Å². The number of aliphatic hydroxyl groups excluding tert-OH is 1. The first kappa shape index (κ1) is 16.2. The number of carbonyl (C=O) groups is 1. The maximum atomic E-state index is 12.7. The number of amides is 1. The van der Waals surface area contributed by atoms with E-state index in [2.05, 4.69) is 14.8 Å². The minimum Gasteiger partial charge on any atom is -0.395 e. The van der Waals surface area contributed by atoms with E-state index in [1.165, 1.54) is 19.3 Å². The highest BCUT2D eigenvalue weighted by molar-refractivity contribution is 5.95. The summed E-state index contributed by atoms with van der Waals surface area (Å²) in [5, 5.41) is 8.99. The molecule has 1 aromatic rings. The molecule has 1 amide bonds. The molecule has 126 valence electrons. The van der Waals surface area contributed by atoms with Crippen molar-refractivity contribution in [3.8, 4) is 0 Å². The van der Waals surface area contributed by atoms with Crippen molar-refractivity contribution in [2.24, 2.45) is 0 Å². The van der Waals surface area contributed by atoms with Crippen LogP contribution < -0.4 is 4.90 Å². The zero-order valence-corrected chi connectivity index (χ0v) is 13.7. The average Bonchev–Trinajstić information content (AvgIpc) is 2.63. The number of aromatic nitrogens is 1. The Morgan fingerprint density at radius 1 is 1.09 bits per heavy atom. The van der Waals surface area contributed by atoms with Crippen molar-refractivity contribution in [3.63, 3.8) is 0 Å². The van der Waals surface area contributed by atoms with E-state index in [9.17, 15) is 4.79 Å². The van der Waals surface area contributed by atoms with Gasteiger partial charge in [0.1, 0.15) is 5.82 Å². The van der Waals surface area contributed by atoms with Gasteiger partial charge in [0.15, 0.2) is 0 Å². The number of nitrogens with zero attached hydrogens (tertiary/aromatic N) is 4. The van der Waals surface area contributed by atoms with Crippen molar-refractivity contribution in [2.75, 3.05) is 57.3 Å². The van der Waals surface area contributed by atoms with Gasteiger partial charge in [0.05, 0.1) is 6.61 Å². The maximum absolute atomic E-state index is 12.7. The predicted octanol–water partition coefficient (Wildman–Crippen LogP) is 0.822. The summed E-state index contributed by atoms with van der Waals surface area (Å²) in [6.45, 7) is 6.04. The maximum Gasteiger partial charge on any atom is 0.254 e. The fourth-order valence-electron chi connectivity index (χ4n) is 3.35. The molecular weight excluding hydrogens is 292 g/mol. The molecule has 23 heavy (non-hydrogen) atoms. The third kappa shape index (κ3) is 4.00. The largest absolute Gasteiger partial charge is 0.395 e. The van der Waals surface area contributed by atoms with Crippen LogP contribution in [0.25, 0.3) is 0 Å². The monoisotopic (exact) mass is 318 g/mol. The molecular formula is C17H26N4O2. The minimum absolute atomic E-state index is 0.0920. The summed E-state index contributed by atoms with van der Waals surface area (Å²) in [5.41, 5.74) is 0.733. The van der Waals surface area contributed by atoms with Gasteiger partial charge in [0, 0.05) is 57.6 Å². The normalized spacial score (nSPS) is 19.9. The third-order valence-corrected chi connectivity index (χ3v) is 4.75. The van der Waals surface area contributed by atoms with Gasteiger partial charge in [-0.05, 0) is 31.4 Å². The van der Waals surface area contributed by atoms with E-state index >= 15 is 0 Å². The molecule has 0 unspecified atom stereocenters. The molecule has 0 radical (unpaired) electrons. The number of piperidine rings is 1. The van der Waals surface area contributed by atoms with Gasteiger partial charge in [-0.1, -0.05) is 0 Å². The molecule has 2 saturated heterocycles. The van der Waals surface area contributed by atoms with Crippen LogP contribution in [0.2, 0.25) is 0 Å². The summed E-state index contributed by atoms with van der Waals surface area (Å²) in [7, 11) is 0. The Morgan fingerprint density at radius 3 is 2.52 bits per heavy atom. The molecule has 3 rings (SSSR count). The first-order chi connectivity index (χ1) is 11.3. The highest BCUT2D eigenvalue weighted by atomic mass is 16.3. The zero-order chi connectivity index (χ0) is 16.1. The van der Waals surface area contributed by atoms with Gasteiger partial charge in [0.2, 0.25) is 0 Å². The number of hydrogen-bond donors (Lipinski definition) is 1. The average molecular weight is 318 g/mol. The topological polar surface area (TPSA) is 59.9 Å². The van der Waals surface area contributed by atoms with E-state index in [1.807, 2.05) is 17.0 Å². The van der Waals surface area contributed by atoms with E-state index in [-0.39, 0.29) is 12.5 Å². The molecule has 0 bridgehead atoms. The molecule has 1 N–H and O–H groups in total. The SMILES string of the molecule is O=C(c1ccnc(N2CCCCC2)c1)N1CCN(CCO)CC1. The molecule has 3 heterocycles. The molecule has 0 aliphatic carbocycles. The van der Waals surface area contributed by atoms with Crippen molar-refractivity contribution >= 4 is 11.7 Å². The van der Waals surface area contributed by atoms with Crippen molar-refractivity contribution in [2.45, 2.75) is 19.3 Å². The molecule has 6 nitrogen and oxygen atoms in total. The summed E-state index contributed by atoms with van der Waals surface area (Å²) in [5.74, 6) is 1.02. The van der Waals surface area contributed by atoms with Crippen LogP contribution in [0.1, 0.15) is 29.6 Å². The van der Waals surface area contributed by atoms with E-state index in [0.717, 1.165) is 50.6 Å². The van der Waals surface area contributed by atoms with Gasteiger partial charge in [0.25, 0.3) is 5.91 Å². The van der Waals surface area contributed by atoms with Crippen LogP contribution in [0.3, 0.4) is 0 Å². The summed E-state index contributed by atoms with van der Waals surface area (Å²) in [6, 6.07) is 3.75. The second-order valence-corrected chi connectivity index (χ2v) is 6.31. The van der Waals surface area contributed by atoms with Crippen molar-refractivity contribution in [1.82, 2.24) is 14.8 Å². The molecule has 2 fully saturated rings. The van der Waals surface area contributed by atoms with Crippen LogP contribution in [0.15, 0.2) is 18.3 Å². The molecule has 0 spiro atoms. The number of piperazine rings is 1. The summed E-state index contributed by atoms with van der Waals surface area (Å²) in [4.78, 5) is 23.5. The number of aliphatic hydroxyl groups is 1. The Morgan fingerprint density at radius 2 is 1.83 bits per heavy atom. The number of hydrogen-bond acceptors (Lipinski definition) is 5. The number of rotatable bonds is 4. The Kier molecular flexibility index (Phi) is 5.46. The van der Waals surface area contributed by atoms with Gasteiger partial charge >= 0.3 is 0 Å². The zero-order valence-electron chi connectivity index (χ0n) is 13.7. The van der Waals surface area contributed by atoms with Gasteiger partial charge in [-0.2, -0.15) is 0 Å². The number of anilines is 1. The molecule has 1 aromatic heterocycles. The fraction of sp³-hybridized carbons (Fsp3) is 0.647. The van der Waals surface area contributed by atoms with E-state index in [0.29, 0.717) is 6.54 Å². The lowest BCUT2D eigenvalue weighted by Crippen LogP contribution is -2.49. The molecule has 0 aromatic carbocycles. The number of pyridine rings is 1. The molecule has 2 aliphatic heterocycles. The number of carbonyl (C=O) groups excluding carboxylic acids is 1. The predicted molar refractivity (Wildman–Crippen MR) is 89.7 cm³/mol. The molecule has 0 saturated carbocycles. The van der Waals surface area contributed by atoms with E-state index in [4.69, 9.17) is 5.11 Å². The molecule has 6 heteroatoms. The Labute approximate surface area is 137 Å². The first-order valence-electron chi connectivity index (χ1n) is 8.61. The fourth-order valence-corrected chi connectivity index (χ4v) is 3.35. The standard InChI is InChI=1S/C17H26N4O2/c22-13-12-19-8-10-21(11-9-19)17(23)15-4-5-18-16(14-15)20-6-2-1-3-7-20/h4-5,14,22H,1-3,6-13H2. The lowest BCUT2D eigenvalue weighted by Gasteiger charge is -2.34. The van der Waals surface area contributed by atoms with Crippen molar-refractivity contribution in [3.05, 3.63) is 23.9 Å². The highest BCUT2D eigenvalue weighted by Gasteiger charge is 2.22. The van der Waals surface area contributed by atoms with E-state index in [1.54, 1.807) is 6.20 Å². The minimum atomic E-state index is 0.0920. The smallest absolute Gasteiger partial charge is 0.254 e. The van der Waals surface area contributed by atoms with Crippen LogP contribution >= 0.6 is 0 Å². The molecule has 0 atom stereocenters. The highest BCUT2D eigenvalue weighted by Crippen LogP contribution is 2.19. The van der Waals surface area contributed by atoms with Crippen LogP contribution in [0.5, 0.6) is 0 Å². The van der Waals surface area contributed by atoms with Crippen LogP contribution in [0.4, 0.5) is 5.82 Å². The van der Waals surface area contributed by atoms with Gasteiger partial charge in [-0.15, -0.1) is 0 Å². The second kappa shape index (κ2) is 7.75. The van der Waals surface area contributed by atoms with Crippen LogP contribution in [0, 0.1) is 0 Å². The van der Waals surface area contributed by atoms with Crippen LogP contribution in [-0.2, 0) is 0 Å². The van der Waals surface area contributed by atoms with Gasteiger partial charge in [-0.3, -0.25) is 9.69 Å². The summed E-state index contributed by atoms with van der Waals surface area (Å²) >= 11 is 0. The van der Waals surface area contributed by atoms with Gasteiger partial charge < -0.3 is 14.9 Å². The summed E-state index contributed by atoms with van der Waals surface area (Å²) < 4.78 is 0. The Bertz CT molecular complexity index is 523. The lowest BCUT2D eigenvalue weighted by molar-refractivity contribution is 0.0615.